The molecule has 2 amide bonds. The van der Waals surface area contributed by atoms with Gasteiger partial charge in [0, 0.05) is 26.2 Å². The van der Waals surface area contributed by atoms with Crippen LogP contribution in [0.2, 0.25) is 0 Å². The van der Waals surface area contributed by atoms with E-state index in [2.05, 4.69) is 0 Å². The number of Topliss-reactive ketones (excluding diaryl/α,β-unsaturated/α-hetero) is 4. The SMILES string of the molecule is CC(=O)COCCN(CCOCC(C)=O)C(=O)OCCOC(=O)N(CCOCC(C)=O)CCOCC(C)=O. The van der Waals surface area contributed by atoms with Crippen LogP contribution in [0.15, 0.2) is 0 Å². The van der Waals surface area contributed by atoms with E-state index in [0.717, 1.165) is 0 Å². The zero-order valence-corrected chi connectivity index (χ0v) is 22.7. The molecule has 0 aliphatic carbocycles. The summed E-state index contributed by atoms with van der Waals surface area (Å²) in [6.07, 6.45) is -1.43. The molecule has 0 fully saturated rings. The highest BCUT2D eigenvalue weighted by Gasteiger charge is 2.18. The molecule has 218 valence electrons. The van der Waals surface area contributed by atoms with Gasteiger partial charge in [-0.3, -0.25) is 19.2 Å². The zero-order chi connectivity index (χ0) is 28.8. The molecule has 0 saturated carbocycles. The maximum absolute atomic E-state index is 12.5. The molecule has 0 unspecified atom stereocenters. The van der Waals surface area contributed by atoms with Gasteiger partial charge in [-0.15, -0.1) is 0 Å². The van der Waals surface area contributed by atoms with Crippen molar-refractivity contribution >= 4 is 35.3 Å². The number of carbonyl (C=O) groups excluding carboxylic acids is 6. The third-order valence-electron chi connectivity index (χ3n) is 4.29. The minimum atomic E-state index is -0.717. The minimum Gasteiger partial charge on any atom is -0.446 e. The van der Waals surface area contributed by atoms with E-state index >= 15 is 0 Å². The van der Waals surface area contributed by atoms with Crippen molar-refractivity contribution in [3.8, 4) is 0 Å². The van der Waals surface area contributed by atoms with Gasteiger partial charge in [-0.25, -0.2) is 9.59 Å². The topological polar surface area (TPSA) is 164 Å². The fourth-order valence-electron chi connectivity index (χ4n) is 2.59. The fraction of sp³-hybridized carbons (Fsp3) is 0.750. The number of hydrogen-bond donors (Lipinski definition) is 0. The Balaban J connectivity index is 4.65. The molecule has 0 radical (unpaired) electrons. The summed E-state index contributed by atoms with van der Waals surface area (Å²) in [5.74, 6) is -0.627. The Hall–Kier alpha value is -2.94. The van der Waals surface area contributed by atoms with E-state index in [1.54, 1.807) is 0 Å². The van der Waals surface area contributed by atoms with E-state index in [1.165, 1.54) is 37.5 Å². The van der Waals surface area contributed by atoms with E-state index in [4.69, 9.17) is 28.4 Å². The van der Waals surface area contributed by atoms with Crippen molar-refractivity contribution in [1.82, 2.24) is 9.80 Å². The van der Waals surface area contributed by atoms with Crippen molar-refractivity contribution < 1.29 is 57.2 Å². The predicted octanol–water partition coefficient (Wildman–Crippen LogP) is 0.286. The third kappa shape index (κ3) is 21.2. The summed E-state index contributed by atoms with van der Waals surface area (Å²) >= 11 is 0. The van der Waals surface area contributed by atoms with E-state index in [-0.39, 0.29) is 115 Å². The van der Waals surface area contributed by atoms with E-state index < -0.39 is 12.2 Å². The highest BCUT2D eigenvalue weighted by Crippen LogP contribution is 1.99. The molecule has 0 aliphatic heterocycles. The average molecular weight is 549 g/mol. The largest absolute Gasteiger partial charge is 0.446 e. The maximum atomic E-state index is 12.5. The van der Waals surface area contributed by atoms with Crippen LogP contribution in [0.25, 0.3) is 0 Å². The lowest BCUT2D eigenvalue weighted by molar-refractivity contribution is -0.122. The van der Waals surface area contributed by atoms with Crippen LogP contribution >= 0.6 is 0 Å². The molecule has 0 aromatic carbocycles. The van der Waals surface area contributed by atoms with Gasteiger partial charge >= 0.3 is 12.2 Å². The Bertz CT molecular complexity index is 653. The average Bonchev–Trinajstić information content (AvgIpc) is 2.83. The molecule has 14 heteroatoms. The lowest BCUT2D eigenvalue weighted by Crippen LogP contribution is -2.39. The van der Waals surface area contributed by atoms with Gasteiger partial charge in [-0.2, -0.15) is 0 Å². The Labute approximate surface area is 222 Å². The number of nitrogens with zero attached hydrogens (tertiary/aromatic N) is 2. The Morgan fingerprint density at radius 1 is 0.421 bits per heavy atom. The predicted molar refractivity (Wildman–Crippen MR) is 132 cm³/mol. The second-order valence-electron chi connectivity index (χ2n) is 8.22. The van der Waals surface area contributed by atoms with E-state index in [1.807, 2.05) is 0 Å². The monoisotopic (exact) mass is 548 g/mol. The number of carbonyl (C=O) groups is 6. The van der Waals surface area contributed by atoms with Crippen LogP contribution in [0, 0.1) is 0 Å². The van der Waals surface area contributed by atoms with Crippen LogP contribution in [-0.2, 0) is 47.6 Å². The lowest BCUT2D eigenvalue weighted by atomic mass is 10.4. The van der Waals surface area contributed by atoms with Crippen molar-refractivity contribution in [1.29, 1.82) is 0 Å². The second-order valence-corrected chi connectivity index (χ2v) is 8.22. The summed E-state index contributed by atoms with van der Waals surface area (Å²) in [4.78, 5) is 71.5. The summed E-state index contributed by atoms with van der Waals surface area (Å²) in [6.45, 7) is 5.49. The molecule has 0 saturated heterocycles. The van der Waals surface area contributed by atoms with Crippen molar-refractivity contribution in [2.45, 2.75) is 27.7 Å². The smallest absolute Gasteiger partial charge is 0.410 e. The van der Waals surface area contributed by atoms with E-state index in [0.29, 0.717) is 0 Å². The number of amides is 2. The summed E-state index contributed by atoms with van der Waals surface area (Å²) in [6, 6.07) is 0. The highest BCUT2D eigenvalue weighted by molar-refractivity contribution is 5.77. The molecule has 0 heterocycles. The number of hydrogen-bond acceptors (Lipinski definition) is 12. The maximum Gasteiger partial charge on any atom is 0.410 e. The van der Waals surface area contributed by atoms with Gasteiger partial charge in [0.25, 0.3) is 0 Å². The number of ketones is 4. The van der Waals surface area contributed by atoms with Crippen LogP contribution < -0.4 is 0 Å². The standard InChI is InChI=1S/C24H40N2O12/c1-19(27)15-33-9-5-25(6-10-34-16-20(2)28)23(31)37-13-14-38-24(32)26(7-11-35-17-21(3)29)8-12-36-18-22(4)30/h5-18H2,1-4H3. The second kappa shape index (κ2) is 22.1. The first-order chi connectivity index (χ1) is 18.0. The van der Waals surface area contributed by atoms with Gasteiger partial charge in [0.2, 0.25) is 0 Å². The molecule has 38 heavy (non-hydrogen) atoms. The summed E-state index contributed by atoms with van der Waals surface area (Å²) in [7, 11) is 0. The molecule has 14 nitrogen and oxygen atoms in total. The molecular formula is C24H40N2O12. The molecular weight excluding hydrogens is 508 g/mol. The van der Waals surface area contributed by atoms with E-state index in [9.17, 15) is 28.8 Å². The summed E-state index contributed by atoms with van der Waals surface area (Å²) in [5.41, 5.74) is 0. The van der Waals surface area contributed by atoms with Crippen LogP contribution in [0.1, 0.15) is 27.7 Å². The van der Waals surface area contributed by atoms with Crippen LogP contribution in [0.5, 0.6) is 0 Å². The van der Waals surface area contributed by atoms with Gasteiger partial charge in [0.15, 0.2) is 23.1 Å². The normalized spacial score (nSPS) is 10.5. The molecule has 0 atom stereocenters. The van der Waals surface area contributed by atoms with Crippen molar-refractivity contribution in [3.63, 3.8) is 0 Å². The molecule has 0 aromatic rings. The molecule has 0 spiro atoms. The fourth-order valence-corrected chi connectivity index (χ4v) is 2.59. The quantitative estimate of drug-likeness (QED) is 0.160. The van der Waals surface area contributed by atoms with Gasteiger partial charge < -0.3 is 38.2 Å². The minimum absolute atomic E-state index is 0.0860. The molecule has 0 bridgehead atoms. The first kappa shape index (κ1) is 35.1. The highest BCUT2D eigenvalue weighted by atomic mass is 16.6. The number of rotatable bonds is 23. The van der Waals surface area contributed by atoms with Crippen molar-refractivity contribution in [2.75, 3.05) is 92.2 Å². The zero-order valence-electron chi connectivity index (χ0n) is 22.7. The number of ether oxygens (including phenoxy) is 6. The Morgan fingerprint density at radius 2 is 0.658 bits per heavy atom. The third-order valence-corrected chi connectivity index (χ3v) is 4.29. The Kier molecular flexibility index (Phi) is 20.4. The first-order valence-corrected chi connectivity index (χ1v) is 12.1. The van der Waals surface area contributed by atoms with Gasteiger partial charge in [-0.1, -0.05) is 0 Å². The van der Waals surface area contributed by atoms with Crippen molar-refractivity contribution in [2.24, 2.45) is 0 Å². The van der Waals surface area contributed by atoms with Gasteiger partial charge in [-0.05, 0) is 27.7 Å². The first-order valence-electron chi connectivity index (χ1n) is 12.1. The van der Waals surface area contributed by atoms with Gasteiger partial charge in [0.05, 0.1) is 26.4 Å². The van der Waals surface area contributed by atoms with Gasteiger partial charge in [0.1, 0.15) is 39.6 Å². The van der Waals surface area contributed by atoms with Crippen LogP contribution in [-0.4, -0.2) is 137 Å². The summed E-state index contributed by atoms with van der Waals surface area (Å²) in [5, 5.41) is 0. The molecule has 0 aromatic heterocycles. The molecule has 0 aliphatic rings. The van der Waals surface area contributed by atoms with Crippen LogP contribution in [0.4, 0.5) is 9.59 Å². The lowest BCUT2D eigenvalue weighted by Gasteiger charge is -2.23. The molecule has 0 N–H and O–H groups in total. The Morgan fingerprint density at radius 3 is 0.868 bits per heavy atom. The summed E-state index contributed by atoms with van der Waals surface area (Å²) < 4.78 is 31.1. The van der Waals surface area contributed by atoms with Crippen LogP contribution in [0.3, 0.4) is 0 Å². The molecule has 0 rings (SSSR count). The van der Waals surface area contributed by atoms with Crippen molar-refractivity contribution in [3.05, 3.63) is 0 Å².